The van der Waals surface area contributed by atoms with Crippen LogP contribution < -0.4 is 4.98 Å². The van der Waals surface area contributed by atoms with Crippen molar-refractivity contribution in [2.75, 3.05) is 0 Å². The van der Waals surface area contributed by atoms with Gasteiger partial charge in [-0.3, -0.25) is 0 Å². The summed E-state index contributed by atoms with van der Waals surface area (Å²) in [7, 11) is 0. The summed E-state index contributed by atoms with van der Waals surface area (Å²) in [6, 6.07) is 26.0. The third-order valence-corrected chi connectivity index (χ3v) is 5.18. The lowest BCUT2D eigenvalue weighted by atomic mass is 9.94. The van der Waals surface area contributed by atoms with Crippen LogP contribution in [0.15, 0.2) is 72.8 Å². The zero-order chi connectivity index (χ0) is 15.7. The maximum absolute atomic E-state index is 4.56. The summed E-state index contributed by atoms with van der Waals surface area (Å²) >= 11 is 0. The smallest absolute Gasteiger partial charge is 0.0616 e. The Hall–Kier alpha value is -3.37. The molecule has 1 aliphatic carbocycles. The molecule has 1 aromatic heterocycles. The summed E-state index contributed by atoms with van der Waals surface area (Å²) in [5.74, 6) is 0. The molecule has 0 fully saturated rings. The van der Waals surface area contributed by atoms with E-state index in [-0.39, 0.29) is 0 Å². The maximum Gasteiger partial charge on any atom is 0.356 e. The molecule has 1 heteroatoms. The maximum atomic E-state index is 4.56. The van der Waals surface area contributed by atoms with E-state index in [0.29, 0.717) is 0 Å². The fourth-order valence-electron chi connectivity index (χ4n) is 4.16. The average Bonchev–Trinajstić information content (AvgIpc) is 2.98. The number of hydrogen-bond acceptors (Lipinski definition) is 0. The van der Waals surface area contributed by atoms with Gasteiger partial charge in [0.1, 0.15) is 0 Å². The van der Waals surface area contributed by atoms with Gasteiger partial charge in [0.25, 0.3) is 0 Å². The van der Waals surface area contributed by atoms with Crippen molar-refractivity contribution in [1.29, 1.82) is 0 Å². The van der Waals surface area contributed by atoms with Crippen LogP contribution >= 0.6 is 0 Å². The molecule has 0 spiro atoms. The summed E-state index contributed by atoms with van der Waals surface area (Å²) < 4.78 is 0. The molecule has 0 aliphatic heterocycles. The summed E-state index contributed by atoms with van der Waals surface area (Å²) in [5, 5.41) is 7.81. The van der Waals surface area contributed by atoms with Crippen molar-refractivity contribution in [3.63, 3.8) is 0 Å². The van der Waals surface area contributed by atoms with Gasteiger partial charge in [0.05, 0.1) is 17.2 Å². The van der Waals surface area contributed by atoms with Crippen LogP contribution in [0.5, 0.6) is 0 Å². The molecule has 5 aromatic rings. The summed E-state index contributed by atoms with van der Waals surface area (Å²) in [6.45, 7) is 0. The molecule has 4 aromatic carbocycles. The molecule has 0 unspecified atom stereocenters. The summed E-state index contributed by atoms with van der Waals surface area (Å²) in [6.07, 6.45) is 3.01. The first-order valence-corrected chi connectivity index (χ1v) is 8.17. The Morgan fingerprint density at radius 3 is 2.54 bits per heavy atom. The van der Waals surface area contributed by atoms with E-state index in [1.54, 1.807) is 0 Å². The molecule has 0 saturated carbocycles. The van der Waals surface area contributed by atoms with Gasteiger partial charge in [0.2, 0.25) is 0 Å². The molecule has 24 heavy (non-hydrogen) atoms. The summed E-state index contributed by atoms with van der Waals surface area (Å²) in [4.78, 5) is 4.56. The number of rotatable bonds is 0. The van der Waals surface area contributed by atoms with Crippen molar-refractivity contribution < 1.29 is 4.98 Å². The van der Waals surface area contributed by atoms with Crippen LogP contribution in [0.4, 0.5) is 0 Å². The molecule has 1 heterocycles. The number of benzene rings is 4. The van der Waals surface area contributed by atoms with E-state index >= 15 is 0 Å². The lowest BCUT2D eigenvalue weighted by molar-refractivity contribution is -0.279. The van der Waals surface area contributed by atoms with E-state index in [4.69, 9.17) is 0 Å². The van der Waals surface area contributed by atoms with Gasteiger partial charge < -0.3 is 0 Å². The molecular weight excluding hydrogens is 290 g/mol. The molecule has 0 bridgehead atoms. The lowest BCUT2D eigenvalue weighted by Gasteiger charge is -2.09. The van der Waals surface area contributed by atoms with Crippen LogP contribution in [0.25, 0.3) is 54.7 Å². The van der Waals surface area contributed by atoms with Crippen LogP contribution in [-0.2, 0) is 0 Å². The molecule has 108 valence electrons. The number of aromatic nitrogens is 1. The third-order valence-electron chi connectivity index (χ3n) is 5.18. The van der Waals surface area contributed by atoms with Gasteiger partial charge in [-0.1, -0.05) is 54.6 Å². The van der Waals surface area contributed by atoms with Gasteiger partial charge in [0.15, 0.2) is 0 Å². The first-order chi connectivity index (χ1) is 11.9. The number of fused-ring (bicyclic) bond motifs is 7. The van der Waals surface area contributed by atoms with Crippen molar-refractivity contribution >= 4 is 32.3 Å². The molecule has 0 atom stereocenters. The SMILES string of the molecule is c1ccc2c([n+]#1)-c1cc3c4ccccc4ccc3c3cccc-2c13. The van der Waals surface area contributed by atoms with Gasteiger partial charge in [-0.2, -0.15) is 0 Å². The molecule has 0 amide bonds. The standard InChI is InChI=1S/C23H12N/c1-2-6-15-14(5-1)10-11-16-17-7-3-8-18-19-9-4-12-24-23(19)21(22(17)18)13-20(15)16/h1-11,13H/q+1. The molecular formula is C23H12N+. The Balaban J connectivity index is 1.93. The Kier molecular flexibility index (Phi) is 2.08. The van der Waals surface area contributed by atoms with Crippen molar-refractivity contribution in [2.24, 2.45) is 0 Å². The monoisotopic (exact) mass is 302 g/mol. The second kappa shape index (κ2) is 4.13. The highest BCUT2D eigenvalue weighted by molar-refractivity contribution is 6.26. The van der Waals surface area contributed by atoms with Crippen molar-refractivity contribution in [1.82, 2.24) is 0 Å². The second-order valence-corrected chi connectivity index (χ2v) is 6.37. The highest BCUT2D eigenvalue weighted by Gasteiger charge is 2.30. The van der Waals surface area contributed by atoms with E-state index in [1.807, 2.05) is 6.07 Å². The Morgan fingerprint density at radius 1 is 0.625 bits per heavy atom. The van der Waals surface area contributed by atoms with Gasteiger partial charge in [-0.15, -0.1) is 0 Å². The molecule has 0 saturated heterocycles. The van der Waals surface area contributed by atoms with E-state index in [9.17, 15) is 0 Å². The lowest BCUT2D eigenvalue weighted by Crippen LogP contribution is -1.96. The van der Waals surface area contributed by atoms with Crippen molar-refractivity contribution in [2.45, 2.75) is 0 Å². The van der Waals surface area contributed by atoms with Crippen LogP contribution in [0.1, 0.15) is 0 Å². The van der Waals surface area contributed by atoms with Gasteiger partial charge in [-0.05, 0) is 49.6 Å². The Morgan fingerprint density at radius 2 is 1.54 bits per heavy atom. The quantitative estimate of drug-likeness (QED) is 0.352. The topological polar surface area (TPSA) is 14.1 Å². The molecule has 6 rings (SSSR count). The van der Waals surface area contributed by atoms with Crippen LogP contribution in [-0.4, -0.2) is 0 Å². The molecule has 1 aliphatic rings. The fourth-order valence-corrected chi connectivity index (χ4v) is 4.16. The predicted molar refractivity (Wildman–Crippen MR) is 97.8 cm³/mol. The highest BCUT2D eigenvalue weighted by Crippen LogP contribution is 2.47. The zero-order valence-electron chi connectivity index (χ0n) is 12.9. The van der Waals surface area contributed by atoms with Crippen LogP contribution in [0, 0.1) is 6.20 Å². The Bertz CT molecular complexity index is 1300. The van der Waals surface area contributed by atoms with E-state index in [2.05, 4.69) is 77.9 Å². The minimum Gasteiger partial charge on any atom is -0.0616 e. The van der Waals surface area contributed by atoms with Gasteiger partial charge in [0, 0.05) is 5.39 Å². The number of nitrogens with zero attached hydrogens (tertiary/aromatic N) is 1. The highest BCUT2D eigenvalue weighted by atomic mass is 14.6. The van der Waals surface area contributed by atoms with Gasteiger partial charge in [-0.25, -0.2) is 0 Å². The zero-order valence-corrected chi connectivity index (χ0v) is 12.9. The first kappa shape index (κ1) is 12.1. The third kappa shape index (κ3) is 1.34. The predicted octanol–water partition coefficient (Wildman–Crippen LogP) is 5.19. The minimum atomic E-state index is 1.05. The first-order valence-electron chi connectivity index (χ1n) is 8.17. The molecule has 0 radical (unpaired) electrons. The van der Waals surface area contributed by atoms with E-state index < -0.39 is 0 Å². The normalized spacial score (nSPS) is 11.8. The van der Waals surface area contributed by atoms with Gasteiger partial charge >= 0.3 is 11.9 Å². The van der Waals surface area contributed by atoms with E-state index in [1.165, 1.54) is 49.0 Å². The van der Waals surface area contributed by atoms with Crippen molar-refractivity contribution in [3.8, 4) is 22.4 Å². The molecule has 0 N–H and O–H groups in total. The van der Waals surface area contributed by atoms with Crippen LogP contribution in [0.3, 0.4) is 0 Å². The fraction of sp³-hybridized carbons (Fsp3) is 0. The largest absolute Gasteiger partial charge is 0.356 e. The minimum absolute atomic E-state index is 1.05. The van der Waals surface area contributed by atoms with Crippen molar-refractivity contribution in [3.05, 3.63) is 79.0 Å². The number of hydrogen-bond donors (Lipinski definition) is 0. The second-order valence-electron chi connectivity index (χ2n) is 6.37. The van der Waals surface area contributed by atoms with Crippen LogP contribution in [0.2, 0.25) is 0 Å². The summed E-state index contributed by atoms with van der Waals surface area (Å²) in [5.41, 5.74) is 4.79. The molecule has 1 nitrogen and oxygen atoms in total. The average molecular weight is 302 g/mol. The Labute approximate surface area is 139 Å². The van der Waals surface area contributed by atoms with E-state index in [0.717, 1.165) is 5.69 Å².